The largest absolute Gasteiger partial charge is 0.396 e. The number of thiophene rings is 1. The van der Waals surface area contributed by atoms with Crippen LogP contribution in [-0.2, 0) is 0 Å². The van der Waals surface area contributed by atoms with Gasteiger partial charge in [-0.05, 0) is 49.2 Å². The van der Waals surface area contributed by atoms with Crippen LogP contribution in [0.2, 0.25) is 0 Å². The molecule has 3 N–H and O–H groups in total. The average molecular weight is 291 g/mol. The number of fused-ring (bicyclic) bond motifs is 5. The predicted octanol–water partition coefficient (Wildman–Crippen LogP) is 3.38. The van der Waals surface area contributed by atoms with Gasteiger partial charge in [-0.15, -0.1) is 23.1 Å². The molecule has 4 rings (SSSR count). The van der Waals surface area contributed by atoms with Crippen molar-refractivity contribution in [1.82, 2.24) is 0 Å². The van der Waals surface area contributed by atoms with Gasteiger partial charge in [-0.1, -0.05) is 0 Å². The molecule has 3 nitrogen and oxygen atoms in total. The molecule has 5 heteroatoms. The highest BCUT2D eigenvalue weighted by Crippen LogP contribution is 2.66. The zero-order chi connectivity index (χ0) is 13.1. The molecule has 4 unspecified atom stereocenters. The molecule has 19 heavy (non-hydrogen) atoms. The first kappa shape index (κ1) is 11.9. The quantitative estimate of drug-likeness (QED) is 0.838. The summed E-state index contributed by atoms with van der Waals surface area (Å²) in [6, 6.07) is 2.86. The van der Waals surface area contributed by atoms with E-state index in [9.17, 15) is 0 Å². The molecule has 3 fully saturated rings. The first-order chi connectivity index (χ1) is 9.24. The number of anilines is 2. The van der Waals surface area contributed by atoms with Crippen LogP contribution in [-0.4, -0.2) is 12.3 Å². The van der Waals surface area contributed by atoms with Crippen LogP contribution in [0.5, 0.6) is 0 Å². The van der Waals surface area contributed by atoms with Gasteiger partial charge in [0.1, 0.15) is 15.9 Å². The molecule has 0 aromatic carbocycles. The van der Waals surface area contributed by atoms with Gasteiger partial charge in [-0.2, -0.15) is 5.26 Å². The molecule has 1 aromatic rings. The number of nitriles is 1. The topological polar surface area (TPSA) is 61.8 Å². The van der Waals surface area contributed by atoms with Gasteiger partial charge >= 0.3 is 0 Å². The van der Waals surface area contributed by atoms with Crippen molar-refractivity contribution in [2.75, 3.05) is 17.3 Å². The SMILES string of the molecule is CSc1c(NC2C3C4CCC(C4)C23)sc(C#N)c1N. The Bertz CT molecular complexity index is 558. The Kier molecular flexibility index (Phi) is 2.55. The highest BCUT2D eigenvalue weighted by Gasteiger charge is 2.65. The first-order valence-corrected chi connectivity index (χ1v) is 8.91. The van der Waals surface area contributed by atoms with E-state index in [0.29, 0.717) is 16.6 Å². The maximum atomic E-state index is 9.10. The summed E-state index contributed by atoms with van der Waals surface area (Å²) in [5, 5.41) is 13.9. The Balaban J connectivity index is 1.57. The van der Waals surface area contributed by atoms with Crippen molar-refractivity contribution in [2.24, 2.45) is 23.7 Å². The second kappa shape index (κ2) is 4.07. The van der Waals surface area contributed by atoms with E-state index in [-0.39, 0.29) is 0 Å². The molecule has 0 spiro atoms. The summed E-state index contributed by atoms with van der Waals surface area (Å²) in [6.07, 6.45) is 6.38. The van der Waals surface area contributed by atoms with Gasteiger partial charge in [0.25, 0.3) is 0 Å². The lowest BCUT2D eigenvalue weighted by Crippen LogP contribution is -2.12. The van der Waals surface area contributed by atoms with E-state index in [1.54, 1.807) is 11.8 Å². The summed E-state index contributed by atoms with van der Waals surface area (Å²) in [4.78, 5) is 1.72. The van der Waals surface area contributed by atoms with Gasteiger partial charge in [0, 0.05) is 6.04 Å². The smallest absolute Gasteiger partial charge is 0.131 e. The van der Waals surface area contributed by atoms with E-state index >= 15 is 0 Å². The van der Waals surface area contributed by atoms with Crippen LogP contribution in [0, 0.1) is 35.0 Å². The number of nitrogens with zero attached hydrogens (tertiary/aromatic N) is 1. The number of nitrogens with one attached hydrogen (secondary N) is 1. The molecule has 0 aliphatic heterocycles. The fourth-order valence-corrected chi connectivity index (χ4v) is 6.34. The molecule has 3 aliphatic carbocycles. The summed E-state index contributed by atoms with van der Waals surface area (Å²) in [6.45, 7) is 0. The van der Waals surface area contributed by atoms with E-state index in [0.717, 1.165) is 33.6 Å². The van der Waals surface area contributed by atoms with Crippen LogP contribution in [0.4, 0.5) is 10.7 Å². The number of nitrogens with two attached hydrogens (primary N) is 1. The maximum absolute atomic E-state index is 9.10. The minimum Gasteiger partial charge on any atom is -0.396 e. The standard InChI is InChI=1S/C14H17N3S2/c1-18-13-11(16)8(5-15)19-14(13)17-12-9-6-2-3-7(4-6)10(9)12/h6-7,9-10,12,17H,2-4,16H2,1H3. The Morgan fingerprint density at radius 1 is 1.37 bits per heavy atom. The molecule has 1 heterocycles. The van der Waals surface area contributed by atoms with E-state index in [4.69, 9.17) is 11.0 Å². The molecule has 1 aromatic heterocycles. The molecule has 0 radical (unpaired) electrons. The molecular formula is C14H17N3S2. The van der Waals surface area contributed by atoms with Crippen molar-refractivity contribution < 1.29 is 0 Å². The monoisotopic (exact) mass is 291 g/mol. The lowest BCUT2D eigenvalue weighted by Gasteiger charge is -2.11. The summed E-state index contributed by atoms with van der Waals surface area (Å²) < 4.78 is 0. The summed E-state index contributed by atoms with van der Waals surface area (Å²) in [5.74, 6) is 3.75. The third kappa shape index (κ3) is 1.56. The summed E-state index contributed by atoms with van der Waals surface area (Å²) >= 11 is 3.17. The van der Waals surface area contributed by atoms with Crippen LogP contribution >= 0.6 is 23.1 Å². The normalized spacial score (nSPS) is 38.0. The minimum absolute atomic E-state index is 0.653. The zero-order valence-corrected chi connectivity index (χ0v) is 12.5. The van der Waals surface area contributed by atoms with E-state index in [2.05, 4.69) is 11.4 Å². The highest BCUT2D eigenvalue weighted by atomic mass is 32.2. The third-order valence-corrected chi connectivity index (χ3v) is 7.24. The second-order valence-corrected chi connectivity index (χ2v) is 7.81. The number of hydrogen-bond acceptors (Lipinski definition) is 5. The number of nitrogen functional groups attached to an aromatic ring is 1. The van der Waals surface area contributed by atoms with Gasteiger partial charge in [0.2, 0.25) is 0 Å². The van der Waals surface area contributed by atoms with E-state index < -0.39 is 0 Å². The van der Waals surface area contributed by atoms with Gasteiger partial charge < -0.3 is 11.1 Å². The van der Waals surface area contributed by atoms with Crippen LogP contribution < -0.4 is 11.1 Å². The zero-order valence-electron chi connectivity index (χ0n) is 10.8. The third-order valence-electron chi connectivity index (χ3n) is 5.24. The molecule has 2 bridgehead atoms. The summed E-state index contributed by atoms with van der Waals surface area (Å²) in [5.41, 5.74) is 6.69. The Morgan fingerprint density at radius 2 is 2.05 bits per heavy atom. The fraction of sp³-hybridized carbons (Fsp3) is 0.643. The number of thioether (sulfide) groups is 1. The fourth-order valence-electron chi connectivity index (χ4n) is 4.48. The Hall–Kier alpha value is -0.860. The van der Waals surface area contributed by atoms with Gasteiger partial charge in [-0.25, -0.2) is 0 Å². The number of hydrogen-bond donors (Lipinski definition) is 2. The van der Waals surface area contributed by atoms with Crippen molar-refractivity contribution >= 4 is 33.8 Å². The maximum Gasteiger partial charge on any atom is 0.131 e. The molecule has 3 aliphatic rings. The van der Waals surface area contributed by atoms with Crippen LogP contribution in [0.1, 0.15) is 24.1 Å². The number of rotatable bonds is 3. The van der Waals surface area contributed by atoms with Crippen molar-refractivity contribution in [3.05, 3.63) is 4.88 Å². The Labute approximate surface area is 121 Å². The molecular weight excluding hydrogens is 274 g/mol. The van der Waals surface area contributed by atoms with Crippen molar-refractivity contribution in [1.29, 1.82) is 5.26 Å². The minimum atomic E-state index is 0.653. The van der Waals surface area contributed by atoms with Crippen molar-refractivity contribution in [3.8, 4) is 6.07 Å². The predicted molar refractivity (Wildman–Crippen MR) is 80.4 cm³/mol. The van der Waals surface area contributed by atoms with Gasteiger partial charge in [-0.3, -0.25) is 0 Å². The molecule has 0 amide bonds. The van der Waals surface area contributed by atoms with Crippen LogP contribution in [0.25, 0.3) is 0 Å². The average Bonchev–Trinajstić information content (AvgIpc) is 2.78. The van der Waals surface area contributed by atoms with Gasteiger partial charge in [0.05, 0.1) is 10.6 Å². The second-order valence-electron chi connectivity index (χ2n) is 5.98. The van der Waals surface area contributed by atoms with Crippen LogP contribution in [0.15, 0.2) is 4.90 Å². The molecule has 4 atom stereocenters. The molecule has 3 saturated carbocycles. The lowest BCUT2D eigenvalue weighted by atomic mass is 10.0. The van der Waals surface area contributed by atoms with Crippen molar-refractivity contribution in [3.63, 3.8) is 0 Å². The van der Waals surface area contributed by atoms with Crippen LogP contribution in [0.3, 0.4) is 0 Å². The van der Waals surface area contributed by atoms with Gasteiger partial charge in [0.15, 0.2) is 0 Å². The van der Waals surface area contributed by atoms with E-state index in [1.807, 2.05) is 6.26 Å². The molecule has 100 valence electrons. The Morgan fingerprint density at radius 3 is 2.63 bits per heavy atom. The van der Waals surface area contributed by atoms with E-state index in [1.165, 1.54) is 30.6 Å². The van der Waals surface area contributed by atoms with Crippen molar-refractivity contribution in [2.45, 2.75) is 30.2 Å². The lowest BCUT2D eigenvalue weighted by molar-refractivity contribution is 0.456. The highest BCUT2D eigenvalue weighted by molar-refractivity contribution is 7.99. The summed E-state index contributed by atoms with van der Waals surface area (Å²) in [7, 11) is 0. The molecule has 0 saturated heterocycles. The first-order valence-electron chi connectivity index (χ1n) is 6.87.